The molecule has 0 bridgehead atoms. The number of H-pyrrole nitrogens is 2. The Balaban J connectivity index is 2.38. The van der Waals surface area contributed by atoms with E-state index in [-0.39, 0.29) is 5.56 Å². The summed E-state index contributed by atoms with van der Waals surface area (Å²) in [7, 11) is 0. The Hall–Kier alpha value is -1.77. The summed E-state index contributed by atoms with van der Waals surface area (Å²) in [6, 6.07) is 9.72. The predicted molar refractivity (Wildman–Crippen MR) is 56.2 cm³/mol. The van der Waals surface area contributed by atoms with Gasteiger partial charge in [0.05, 0.1) is 5.69 Å². The zero-order chi connectivity index (χ0) is 9.97. The Morgan fingerprint density at radius 1 is 1.14 bits per heavy atom. The van der Waals surface area contributed by atoms with Crippen molar-refractivity contribution in [3.63, 3.8) is 0 Å². The highest BCUT2D eigenvalue weighted by atomic mass is 16.1. The van der Waals surface area contributed by atoms with E-state index >= 15 is 0 Å². The minimum atomic E-state index is -0.0976. The molecule has 3 nitrogen and oxygen atoms in total. The molecule has 0 aliphatic heterocycles. The van der Waals surface area contributed by atoms with Crippen molar-refractivity contribution in [2.24, 2.45) is 0 Å². The van der Waals surface area contributed by atoms with E-state index in [1.165, 1.54) is 5.56 Å². The number of hydrogen-bond donors (Lipinski definition) is 2. The third-order valence-corrected chi connectivity index (χ3v) is 2.27. The molecule has 1 aromatic carbocycles. The molecule has 3 heteroatoms. The van der Waals surface area contributed by atoms with Crippen molar-refractivity contribution in [2.45, 2.75) is 13.3 Å². The molecular weight excluding hydrogens is 176 g/mol. The maximum Gasteiger partial charge on any atom is 0.264 e. The maximum atomic E-state index is 10.9. The average Bonchev–Trinajstić information content (AvgIpc) is 2.65. The van der Waals surface area contributed by atoms with Gasteiger partial charge in [0.1, 0.15) is 0 Å². The number of nitrogens with one attached hydrogen (secondary N) is 2. The molecule has 2 rings (SSSR count). The largest absolute Gasteiger partial charge is 0.298 e. The van der Waals surface area contributed by atoms with Gasteiger partial charge in [-0.15, -0.1) is 0 Å². The third-order valence-electron chi connectivity index (χ3n) is 2.27. The standard InChI is InChI=1S/C11H12N2O/c1-2-8-3-5-9(6-4-8)10-7-11(14)13-12-10/h3-7H,2H2,1H3,(H2,12,13,14). The molecule has 0 radical (unpaired) electrons. The highest BCUT2D eigenvalue weighted by molar-refractivity contribution is 5.58. The van der Waals surface area contributed by atoms with E-state index in [9.17, 15) is 4.79 Å². The Morgan fingerprint density at radius 3 is 2.36 bits per heavy atom. The molecule has 1 heterocycles. The molecular formula is C11H12N2O. The first kappa shape index (κ1) is 8.81. The lowest BCUT2D eigenvalue weighted by Gasteiger charge is -1.99. The molecule has 14 heavy (non-hydrogen) atoms. The molecule has 0 saturated carbocycles. The smallest absolute Gasteiger partial charge is 0.264 e. The topological polar surface area (TPSA) is 48.6 Å². The monoisotopic (exact) mass is 188 g/mol. The van der Waals surface area contributed by atoms with Crippen molar-refractivity contribution in [3.05, 3.63) is 46.2 Å². The lowest BCUT2D eigenvalue weighted by molar-refractivity contribution is 1.06. The van der Waals surface area contributed by atoms with E-state index in [1.807, 2.05) is 12.1 Å². The summed E-state index contributed by atoms with van der Waals surface area (Å²) in [5.74, 6) is 0. The van der Waals surface area contributed by atoms with Crippen LogP contribution < -0.4 is 5.56 Å². The second-order valence-electron chi connectivity index (χ2n) is 3.22. The summed E-state index contributed by atoms with van der Waals surface area (Å²) in [5.41, 5.74) is 3.06. The van der Waals surface area contributed by atoms with Crippen LogP contribution in [-0.2, 0) is 6.42 Å². The number of benzene rings is 1. The highest BCUT2D eigenvalue weighted by Crippen LogP contribution is 2.15. The van der Waals surface area contributed by atoms with Crippen molar-refractivity contribution < 1.29 is 0 Å². The summed E-state index contributed by atoms with van der Waals surface area (Å²) in [6.45, 7) is 2.12. The van der Waals surface area contributed by atoms with Crippen LogP contribution in [-0.4, -0.2) is 10.2 Å². The van der Waals surface area contributed by atoms with Gasteiger partial charge in [-0.1, -0.05) is 31.2 Å². The minimum absolute atomic E-state index is 0.0976. The molecule has 0 saturated heterocycles. The fourth-order valence-electron chi connectivity index (χ4n) is 1.41. The van der Waals surface area contributed by atoms with Crippen molar-refractivity contribution in [2.75, 3.05) is 0 Å². The summed E-state index contributed by atoms with van der Waals surface area (Å²) < 4.78 is 0. The molecule has 72 valence electrons. The van der Waals surface area contributed by atoms with Crippen LogP contribution in [0.2, 0.25) is 0 Å². The van der Waals surface area contributed by atoms with Crippen LogP contribution >= 0.6 is 0 Å². The molecule has 0 unspecified atom stereocenters. The fourth-order valence-corrected chi connectivity index (χ4v) is 1.41. The Labute approximate surface area is 81.8 Å². The van der Waals surface area contributed by atoms with E-state index in [0.29, 0.717) is 0 Å². The molecule has 0 atom stereocenters. The molecule has 1 aromatic heterocycles. The second-order valence-corrected chi connectivity index (χ2v) is 3.22. The van der Waals surface area contributed by atoms with Gasteiger partial charge in [0, 0.05) is 6.07 Å². The molecule has 0 fully saturated rings. The molecule has 0 aliphatic rings. The van der Waals surface area contributed by atoms with Crippen LogP contribution in [0, 0.1) is 0 Å². The number of rotatable bonds is 2. The van der Waals surface area contributed by atoms with Gasteiger partial charge in [0.25, 0.3) is 5.56 Å². The van der Waals surface area contributed by atoms with Crippen molar-refractivity contribution >= 4 is 0 Å². The van der Waals surface area contributed by atoms with Gasteiger partial charge in [-0.25, -0.2) is 0 Å². The number of aromatic amines is 2. The molecule has 0 aliphatic carbocycles. The maximum absolute atomic E-state index is 10.9. The van der Waals surface area contributed by atoms with Crippen LogP contribution in [0.15, 0.2) is 35.1 Å². The van der Waals surface area contributed by atoms with Crippen LogP contribution in [0.3, 0.4) is 0 Å². The van der Waals surface area contributed by atoms with Gasteiger partial charge in [-0.2, -0.15) is 0 Å². The summed E-state index contributed by atoms with van der Waals surface area (Å²) in [4.78, 5) is 10.9. The first-order valence-corrected chi connectivity index (χ1v) is 4.66. The third kappa shape index (κ3) is 1.62. The van der Waals surface area contributed by atoms with Crippen molar-refractivity contribution in [1.29, 1.82) is 0 Å². The van der Waals surface area contributed by atoms with Crippen molar-refractivity contribution in [3.8, 4) is 11.3 Å². The van der Waals surface area contributed by atoms with Gasteiger partial charge in [0.2, 0.25) is 0 Å². The van der Waals surface area contributed by atoms with Crippen LogP contribution in [0.4, 0.5) is 0 Å². The summed E-state index contributed by atoms with van der Waals surface area (Å²) in [5, 5.41) is 5.34. The van der Waals surface area contributed by atoms with Crippen LogP contribution in [0.25, 0.3) is 11.3 Å². The zero-order valence-electron chi connectivity index (χ0n) is 8.00. The van der Waals surface area contributed by atoms with E-state index in [0.717, 1.165) is 17.7 Å². The molecule has 0 amide bonds. The average molecular weight is 188 g/mol. The van der Waals surface area contributed by atoms with Gasteiger partial charge in [-0.3, -0.25) is 15.0 Å². The number of aryl methyl sites for hydroxylation is 1. The molecule has 0 spiro atoms. The summed E-state index contributed by atoms with van der Waals surface area (Å²) in [6.07, 6.45) is 1.03. The number of aromatic nitrogens is 2. The highest BCUT2D eigenvalue weighted by Gasteiger charge is 1.99. The van der Waals surface area contributed by atoms with Crippen LogP contribution in [0.1, 0.15) is 12.5 Å². The van der Waals surface area contributed by atoms with E-state index < -0.39 is 0 Å². The van der Waals surface area contributed by atoms with Gasteiger partial charge in [0.15, 0.2) is 0 Å². The fraction of sp³-hybridized carbons (Fsp3) is 0.182. The minimum Gasteiger partial charge on any atom is -0.298 e. The second kappa shape index (κ2) is 3.54. The van der Waals surface area contributed by atoms with Crippen molar-refractivity contribution in [1.82, 2.24) is 10.2 Å². The SMILES string of the molecule is CCc1ccc(-c2cc(=O)[nH][nH]2)cc1. The van der Waals surface area contributed by atoms with Gasteiger partial charge >= 0.3 is 0 Å². The lowest BCUT2D eigenvalue weighted by atomic mass is 10.1. The van der Waals surface area contributed by atoms with Gasteiger partial charge < -0.3 is 0 Å². The summed E-state index contributed by atoms with van der Waals surface area (Å²) >= 11 is 0. The van der Waals surface area contributed by atoms with Crippen LogP contribution in [0.5, 0.6) is 0 Å². The van der Waals surface area contributed by atoms with Gasteiger partial charge in [-0.05, 0) is 17.5 Å². The van der Waals surface area contributed by atoms with E-state index in [2.05, 4.69) is 29.3 Å². The molecule has 2 N–H and O–H groups in total. The van der Waals surface area contributed by atoms with E-state index in [4.69, 9.17) is 0 Å². The first-order chi connectivity index (χ1) is 6.79. The quantitative estimate of drug-likeness (QED) is 0.743. The Bertz CT molecular complexity index is 465. The molecule has 2 aromatic rings. The predicted octanol–water partition coefficient (Wildman–Crippen LogP) is 1.93. The Morgan fingerprint density at radius 2 is 1.86 bits per heavy atom. The zero-order valence-corrected chi connectivity index (χ0v) is 8.00. The number of hydrogen-bond acceptors (Lipinski definition) is 1. The van der Waals surface area contributed by atoms with E-state index in [1.54, 1.807) is 6.07 Å². The first-order valence-electron chi connectivity index (χ1n) is 4.66. The Kier molecular flexibility index (Phi) is 2.23. The normalized spacial score (nSPS) is 10.4. The lowest BCUT2D eigenvalue weighted by Crippen LogP contribution is -1.93.